The van der Waals surface area contributed by atoms with Crippen LogP contribution in [0.25, 0.3) is 0 Å². The molecule has 3 aromatic rings. The lowest BCUT2D eigenvalue weighted by Gasteiger charge is -2.27. The van der Waals surface area contributed by atoms with Gasteiger partial charge in [0.15, 0.2) is 0 Å². The highest BCUT2D eigenvalue weighted by Crippen LogP contribution is 2.37. The maximum atomic E-state index is 13.2. The second-order valence-corrected chi connectivity index (χ2v) is 6.60. The van der Waals surface area contributed by atoms with Crippen LogP contribution in [-0.4, -0.2) is 44.2 Å². The molecule has 0 aliphatic carbocycles. The van der Waals surface area contributed by atoms with E-state index in [1.165, 1.54) is 35.3 Å². The molecule has 27 heavy (non-hydrogen) atoms. The molecule has 2 aromatic heterocycles. The molecule has 0 saturated carbocycles. The van der Waals surface area contributed by atoms with Crippen LogP contribution in [0, 0.1) is 0 Å². The number of tetrazole rings is 1. The summed E-state index contributed by atoms with van der Waals surface area (Å²) in [4.78, 5) is 26.1. The lowest BCUT2D eigenvalue weighted by atomic mass is 9.91. The quantitative estimate of drug-likeness (QED) is 0.517. The Labute approximate surface area is 156 Å². The lowest BCUT2D eigenvalue weighted by molar-refractivity contribution is -0.136. The predicted octanol–water partition coefficient (Wildman–Crippen LogP) is 1.77. The monoisotopic (exact) mass is 383 g/mol. The number of carbonyl (C=O) groups is 2. The van der Waals surface area contributed by atoms with E-state index in [9.17, 15) is 14.7 Å². The zero-order valence-electron chi connectivity index (χ0n) is 14.0. The molecule has 0 saturated heterocycles. The van der Waals surface area contributed by atoms with Gasteiger partial charge in [-0.25, -0.2) is 4.79 Å². The third-order valence-corrected chi connectivity index (χ3v) is 4.97. The van der Waals surface area contributed by atoms with Crippen LogP contribution in [0.4, 0.5) is 5.95 Å². The number of nitrogens with one attached hydrogen (secondary N) is 1. The molecule has 9 nitrogen and oxygen atoms in total. The summed E-state index contributed by atoms with van der Waals surface area (Å²) >= 11 is 1.26. The molecule has 0 radical (unpaired) electrons. The minimum atomic E-state index is -0.763. The average molecular weight is 383 g/mol. The summed E-state index contributed by atoms with van der Waals surface area (Å²) < 4.78 is 6.27. The van der Waals surface area contributed by atoms with Crippen LogP contribution in [0.2, 0.25) is 0 Å². The van der Waals surface area contributed by atoms with Crippen molar-refractivity contribution in [2.24, 2.45) is 0 Å². The molecular formula is C17H13N5O4S. The maximum Gasteiger partial charge on any atom is 0.355 e. The Hall–Kier alpha value is -3.53. The average Bonchev–Trinajstić information content (AvgIpc) is 3.37. The molecule has 0 spiro atoms. The highest BCUT2D eigenvalue weighted by atomic mass is 32.1. The number of phenolic OH excluding ortho intramolecular Hbond substituents is 1. The first kappa shape index (κ1) is 16.9. The highest BCUT2D eigenvalue weighted by molar-refractivity contribution is 7.12. The first-order valence-corrected chi connectivity index (χ1v) is 8.72. The number of Topliss-reactive ketones (excluding diaryl/α,β-unsaturated/α-hetero) is 1. The van der Waals surface area contributed by atoms with Crippen molar-refractivity contribution in [3.63, 3.8) is 0 Å². The van der Waals surface area contributed by atoms with E-state index in [4.69, 9.17) is 4.74 Å². The number of methoxy groups -OCH3 is 1. The van der Waals surface area contributed by atoms with Crippen LogP contribution < -0.4 is 5.32 Å². The third kappa shape index (κ3) is 2.85. The second-order valence-electron chi connectivity index (χ2n) is 5.65. The number of ether oxygens (including phenoxy) is 1. The number of hydrogen-bond acceptors (Lipinski definition) is 9. The fraction of sp³-hybridized carbons (Fsp3) is 0.118. The molecule has 10 heteroatoms. The Bertz CT molecular complexity index is 1040. The van der Waals surface area contributed by atoms with Gasteiger partial charge >= 0.3 is 5.97 Å². The fourth-order valence-corrected chi connectivity index (χ4v) is 3.57. The van der Waals surface area contributed by atoms with E-state index in [0.29, 0.717) is 10.4 Å². The number of hydrogen-bond donors (Lipinski definition) is 2. The molecule has 3 heterocycles. The highest BCUT2D eigenvalue weighted by Gasteiger charge is 2.38. The van der Waals surface area contributed by atoms with Crippen LogP contribution in [0.5, 0.6) is 5.75 Å². The topological polar surface area (TPSA) is 119 Å². The fourth-order valence-electron chi connectivity index (χ4n) is 2.89. The first-order chi connectivity index (χ1) is 13.1. The van der Waals surface area contributed by atoms with Crippen molar-refractivity contribution in [3.8, 4) is 5.75 Å². The Morgan fingerprint density at radius 2 is 2.04 bits per heavy atom. The van der Waals surface area contributed by atoms with E-state index in [1.54, 1.807) is 29.6 Å². The van der Waals surface area contributed by atoms with Crippen LogP contribution >= 0.6 is 11.3 Å². The molecule has 1 aliphatic heterocycles. The number of allylic oxidation sites excluding steroid dienone is 1. The van der Waals surface area contributed by atoms with E-state index in [0.717, 1.165) is 0 Å². The number of fused-ring (bicyclic) bond motifs is 1. The van der Waals surface area contributed by atoms with Crippen molar-refractivity contribution in [2.45, 2.75) is 6.04 Å². The number of rotatable bonds is 4. The number of aromatic nitrogens is 4. The summed E-state index contributed by atoms with van der Waals surface area (Å²) in [5, 5.41) is 25.6. The summed E-state index contributed by atoms with van der Waals surface area (Å²) in [6.45, 7) is 0. The van der Waals surface area contributed by atoms with Gasteiger partial charge in [0, 0.05) is 0 Å². The number of thiophene rings is 1. The van der Waals surface area contributed by atoms with E-state index in [2.05, 4.69) is 20.8 Å². The number of benzene rings is 1. The van der Waals surface area contributed by atoms with E-state index in [1.807, 2.05) is 0 Å². The van der Waals surface area contributed by atoms with Crippen molar-refractivity contribution in [2.75, 3.05) is 12.4 Å². The first-order valence-electron chi connectivity index (χ1n) is 7.84. The number of carbonyl (C=O) groups excluding carboxylic acids is 2. The molecule has 0 unspecified atom stereocenters. The summed E-state index contributed by atoms with van der Waals surface area (Å²) in [5.41, 5.74) is 0.773. The Balaban J connectivity index is 1.95. The van der Waals surface area contributed by atoms with Crippen molar-refractivity contribution in [3.05, 3.63) is 63.5 Å². The van der Waals surface area contributed by atoms with Crippen molar-refractivity contribution < 1.29 is 19.4 Å². The van der Waals surface area contributed by atoms with Crippen molar-refractivity contribution in [1.82, 2.24) is 20.2 Å². The van der Waals surface area contributed by atoms with Gasteiger partial charge in [-0.3, -0.25) is 4.79 Å². The number of ketones is 1. The largest absolute Gasteiger partial charge is 0.508 e. The minimum Gasteiger partial charge on any atom is -0.508 e. The molecule has 1 atom stereocenters. The molecule has 1 aromatic carbocycles. The summed E-state index contributed by atoms with van der Waals surface area (Å²) in [7, 11) is 1.23. The number of phenols is 1. The molecule has 0 fully saturated rings. The molecule has 0 amide bonds. The number of esters is 1. The van der Waals surface area contributed by atoms with Gasteiger partial charge in [0.25, 0.3) is 0 Å². The molecule has 4 rings (SSSR count). The minimum absolute atomic E-state index is 0.0173. The third-order valence-electron chi connectivity index (χ3n) is 4.10. The number of nitrogens with zero attached hydrogens (tertiary/aromatic N) is 4. The normalized spacial score (nSPS) is 15.8. The van der Waals surface area contributed by atoms with E-state index in [-0.39, 0.29) is 28.8 Å². The van der Waals surface area contributed by atoms with E-state index < -0.39 is 12.0 Å². The maximum absolute atomic E-state index is 13.2. The summed E-state index contributed by atoms with van der Waals surface area (Å²) in [6, 6.07) is 8.95. The van der Waals surface area contributed by atoms with Gasteiger partial charge in [-0.1, -0.05) is 23.3 Å². The lowest BCUT2D eigenvalue weighted by Crippen LogP contribution is -2.32. The SMILES string of the molecule is COC(=O)C1=C(C(=O)c2cccs2)[C@H](c2ccc(O)cc2)n2nnnc2N1. The van der Waals surface area contributed by atoms with E-state index >= 15 is 0 Å². The number of anilines is 1. The zero-order valence-corrected chi connectivity index (χ0v) is 14.8. The van der Waals surface area contributed by atoms with Gasteiger partial charge in [-0.05, 0) is 39.6 Å². The molecule has 2 N–H and O–H groups in total. The Kier molecular flexibility index (Phi) is 4.16. The standard InChI is InChI=1S/C17H13N5O4S/c1-26-16(25)13-12(15(24)11-3-2-8-27-11)14(9-4-6-10(23)7-5-9)22-17(18-13)19-20-21-22/h2-8,14,23H,1H3,(H,18,19,21)/t14-/m0/s1. The van der Waals surface area contributed by atoms with Crippen LogP contribution in [0.1, 0.15) is 21.3 Å². The van der Waals surface area contributed by atoms with Crippen LogP contribution in [0.3, 0.4) is 0 Å². The van der Waals surface area contributed by atoms with Gasteiger partial charge in [-0.2, -0.15) is 4.68 Å². The van der Waals surface area contributed by atoms with Crippen molar-refractivity contribution in [1.29, 1.82) is 0 Å². The Morgan fingerprint density at radius 1 is 1.26 bits per heavy atom. The molecule has 1 aliphatic rings. The van der Waals surface area contributed by atoms with Crippen LogP contribution in [0.15, 0.2) is 53.0 Å². The van der Waals surface area contributed by atoms with Gasteiger partial charge in [0.05, 0.1) is 17.6 Å². The Morgan fingerprint density at radius 3 is 2.70 bits per heavy atom. The predicted molar refractivity (Wildman–Crippen MR) is 95.4 cm³/mol. The van der Waals surface area contributed by atoms with Gasteiger partial charge in [0.2, 0.25) is 11.7 Å². The van der Waals surface area contributed by atoms with Gasteiger partial charge in [0.1, 0.15) is 17.5 Å². The summed E-state index contributed by atoms with van der Waals surface area (Å²) in [5.74, 6) is -0.755. The molecule has 136 valence electrons. The second kappa shape index (κ2) is 6.65. The molecule has 0 bridgehead atoms. The van der Waals surface area contributed by atoms with Crippen LogP contribution in [-0.2, 0) is 9.53 Å². The molecular weight excluding hydrogens is 370 g/mol. The van der Waals surface area contributed by atoms with Crippen molar-refractivity contribution >= 4 is 29.0 Å². The van der Waals surface area contributed by atoms with Gasteiger partial charge < -0.3 is 15.2 Å². The number of aromatic hydroxyl groups is 1. The summed E-state index contributed by atoms with van der Waals surface area (Å²) in [6.07, 6.45) is 0. The zero-order chi connectivity index (χ0) is 19.0. The smallest absolute Gasteiger partial charge is 0.355 e. The van der Waals surface area contributed by atoms with Gasteiger partial charge in [-0.15, -0.1) is 11.3 Å².